The predicted octanol–water partition coefficient (Wildman–Crippen LogP) is -0.0697. The van der Waals surface area contributed by atoms with E-state index in [1.165, 1.54) is 0 Å². The Labute approximate surface area is 94.3 Å². The first-order valence-corrected chi connectivity index (χ1v) is 6.68. The molecule has 0 bridgehead atoms. The summed E-state index contributed by atoms with van der Waals surface area (Å²) in [7, 11) is -3.57. The van der Waals surface area contributed by atoms with Gasteiger partial charge in [0, 0.05) is 6.54 Å². The van der Waals surface area contributed by atoms with E-state index in [1.54, 1.807) is 6.07 Å². The van der Waals surface area contributed by atoms with E-state index in [9.17, 15) is 13.2 Å². The third kappa shape index (κ3) is 3.47. The Kier molecular flexibility index (Phi) is 4.26. The van der Waals surface area contributed by atoms with Crippen LogP contribution < -0.4 is 4.72 Å². The normalized spacial score (nSPS) is 25.2. The van der Waals surface area contributed by atoms with Gasteiger partial charge in [-0.15, -0.1) is 0 Å². The maximum atomic E-state index is 11.2. The Morgan fingerprint density at radius 1 is 1.50 bits per heavy atom. The lowest BCUT2D eigenvalue weighted by molar-refractivity contribution is -0.142. The average Bonchev–Trinajstić information content (AvgIpc) is 2.62. The van der Waals surface area contributed by atoms with Gasteiger partial charge in [-0.3, -0.25) is 4.79 Å². The molecule has 0 heterocycles. The summed E-state index contributed by atoms with van der Waals surface area (Å²) in [6, 6.07) is 1.55. The van der Waals surface area contributed by atoms with Crippen molar-refractivity contribution in [2.75, 3.05) is 12.3 Å². The third-order valence-electron chi connectivity index (χ3n) is 2.80. The van der Waals surface area contributed by atoms with Crippen molar-refractivity contribution in [3.8, 4) is 6.07 Å². The van der Waals surface area contributed by atoms with Crippen LogP contribution in [0.1, 0.15) is 19.3 Å². The van der Waals surface area contributed by atoms with E-state index >= 15 is 0 Å². The minimum atomic E-state index is -3.57. The number of carboxylic acids is 1. The summed E-state index contributed by atoms with van der Waals surface area (Å²) in [4.78, 5) is 10.8. The smallest absolute Gasteiger partial charge is 0.306 e. The van der Waals surface area contributed by atoms with E-state index < -0.39 is 27.7 Å². The molecule has 6 nitrogen and oxygen atoms in total. The Morgan fingerprint density at radius 3 is 2.75 bits per heavy atom. The van der Waals surface area contributed by atoms with Crippen LogP contribution in [0.4, 0.5) is 0 Å². The molecule has 0 aromatic rings. The van der Waals surface area contributed by atoms with Crippen molar-refractivity contribution in [3.63, 3.8) is 0 Å². The molecule has 2 N–H and O–H groups in total. The number of hydrogen-bond donors (Lipinski definition) is 2. The maximum absolute atomic E-state index is 11.2. The predicted molar refractivity (Wildman–Crippen MR) is 55.9 cm³/mol. The van der Waals surface area contributed by atoms with E-state index in [0.717, 1.165) is 6.42 Å². The number of hydrogen-bond acceptors (Lipinski definition) is 4. The van der Waals surface area contributed by atoms with Gasteiger partial charge in [0.1, 0.15) is 0 Å². The van der Waals surface area contributed by atoms with Gasteiger partial charge >= 0.3 is 5.97 Å². The van der Waals surface area contributed by atoms with Crippen LogP contribution in [0, 0.1) is 23.2 Å². The van der Waals surface area contributed by atoms with E-state index in [0.29, 0.717) is 12.8 Å². The quantitative estimate of drug-likeness (QED) is 0.706. The lowest BCUT2D eigenvalue weighted by Gasteiger charge is -2.15. The number of rotatable bonds is 5. The lowest BCUT2D eigenvalue weighted by Crippen LogP contribution is -2.34. The van der Waals surface area contributed by atoms with Gasteiger partial charge < -0.3 is 5.11 Å². The molecule has 0 radical (unpaired) electrons. The molecule has 90 valence electrons. The summed E-state index contributed by atoms with van der Waals surface area (Å²) >= 11 is 0. The Hall–Kier alpha value is -1.13. The highest BCUT2D eigenvalue weighted by molar-refractivity contribution is 7.89. The topological polar surface area (TPSA) is 107 Å². The van der Waals surface area contributed by atoms with Crippen LogP contribution in [-0.4, -0.2) is 31.8 Å². The van der Waals surface area contributed by atoms with Gasteiger partial charge in [-0.1, -0.05) is 6.42 Å². The van der Waals surface area contributed by atoms with E-state index in [4.69, 9.17) is 10.4 Å². The van der Waals surface area contributed by atoms with Crippen LogP contribution in [0.25, 0.3) is 0 Å². The van der Waals surface area contributed by atoms with Gasteiger partial charge in [-0.25, -0.2) is 13.1 Å². The van der Waals surface area contributed by atoms with Gasteiger partial charge in [0.2, 0.25) is 10.0 Å². The summed E-state index contributed by atoms with van der Waals surface area (Å²) in [5.41, 5.74) is 0. The molecule has 0 saturated heterocycles. The molecule has 1 saturated carbocycles. The first-order chi connectivity index (χ1) is 7.46. The zero-order valence-electron chi connectivity index (χ0n) is 8.72. The average molecular weight is 246 g/mol. The van der Waals surface area contributed by atoms with Crippen LogP contribution in [0.3, 0.4) is 0 Å². The molecule has 0 spiro atoms. The van der Waals surface area contributed by atoms with E-state index in [2.05, 4.69) is 4.72 Å². The zero-order valence-corrected chi connectivity index (χ0v) is 9.53. The molecule has 0 aromatic carbocycles. The Balaban J connectivity index is 2.50. The van der Waals surface area contributed by atoms with Crippen molar-refractivity contribution in [2.45, 2.75) is 19.3 Å². The molecule has 0 amide bonds. The second-order valence-electron chi connectivity index (χ2n) is 3.90. The SMILES string of the molecule is N#CCS(=O)(=O)NCC1CCCC1C(=O)O. The fourth-order valence-electron chi connectivity index (χ4n) is 1.98. The second kappa shape index (κ2) is 5.27. The highest BCUT2D eigenvalue weighted by Crippen LogP contribution is 2.31. The molecule has 2 atom stereocenters. The van der Waals surface area contributed by atoms with Crippen LogP contribution in [0.15, 0.2) is 0 Å². The van der Waals surface area contributed by atoms with Gasteiger partial charge in [0.25, 0.3) is 0 Å². The van der Waals surface area contributed by atoms with Gasteiger partial charge in [-0.2, -0.15) is 5.26 Å². The first kappa shape index (κ1) is 12.9. The lowest BCUT2D eigenvalue weighted by atomic mass is 9.97. The van der Waals surface area contributed by atoms with Crippen molar-refractivity contribution in [1.82, 2.24) is 4.72 Å². The second-order valence-corrected chi connectivity index (χ2v) is 5.71. The highest BCUT2D eigenvalue weighted by Gasteiger charge is 2.33. The number of nitrogens with zero attached hydrogens (tertiary/aromatic N) is 1. The van der Waals surface area contributed by atoms with Gasteiger partial charge in [-0.05, 0) is 18.8 Å². The first-order valence-electron chi connectivity index (χ1n) is 5.03. The Bertz CT molecular complexity index is 398. The molecule has 1 aliphatic carbocycles. The van der Waals surface area contributed by atoms with Crippen molar-refractivity contribution in [2.24, 2.45) is 11.8 Å². The highest BCUT2D eigenvalue weighted by atomic mass is 32.2. The summed E-state index contributed by atoms with van der Waals surface area (Å²) in [6.07, 6.45) is 2.12. The summed E-state index contributed by atoms with van der Waals surface area (Å²) < 4.78 is 24.6. The monoisotopic (exact) mass is 246 g/mol. The number of carboxylic acid groups (broad SMARTS) is 1. The van der Waals surface area contributed by atoms with E-state index in [1.807, 2.05) is 0 Å². The van der Waals surface area contributed by atoms with Gasteiger partial charge in [0.15, 0.2) is 5.75 Å². The fourth-order valence-corrected chi connectivity index (χ4v) is 2.72. The third-order valence-corrected chi connectivity index (χ3v) is 3.91. The fraction of sp³-hybridized carbons (Fsp3) is 0.778. The number of nitrogens with one attached hydrogen (secondary N) is 1. The molecule has 2 unspecified atom stereocenters. The molecule has 0 aliphatic heterocycles. The van der Waals surface area contributed by atoms with Crippen LogP contribution in [0.5, 0.6) is 0 Å². The Morgan fingerprint density at radius 2 is 2.19 bits per heavy atom. The molecular formula is C9H14N2O4S. The van der Waals surface area contributed by atoms with Crippen molar-refractivity contribution in [3.05, 3.63) is 0 Å². The molecule has 1 fully saturated rings. The zero-order chi connectivity index (χ0) is 12.2. The molecule has 0 aromatic heterocycles. The van der Waals surface area contributed by atoms with Crippen molar-refractivity contribution in [1.29, 1.82) is 5.26 Å². The molecule has 16 heavy (non-hydrogen) atoms. The molecule has 7 heteroatoms. The molecule has 1 aliphatic rings. The minimum Gasteiger partial charge on any atom is -0.481 e. The molecule has 1 rings (SSSR count). The largest absolute Gasteiger partial charge is 0.481 e. The molecular weight excluding hydrogens is 232 g/mol. The van der Waals surface area contributed by atoms with E-state index in [-0.39, 0.29) is 12.5 Å². The van der Waals surface area contributed by atoms with Crippen molar-refractivity contribution < 1.29 is 18.3 Å². The van der Waals surface area contributed by atoms with Crippen LogP contribution >= 0.6 is 0 Å². The summed E-state index contributed by atoms with van der Waals surface area (Å²) in [6.45, 7) is 0.112. The van der Waals surface area contributed by atoms with Crippen molar-refractivity contribution >= 4 is 16.0 Å². The standard InChI is InChI=1S/C9H14N2O4S/c10-4-5-16(14,15)11-6-7-2-1-3-8(7)9(12)13/h7-8,11H,1-3,5-6H2,(H,12,13). The van der Waals surface area contributed by atoms with Gasteiger partial charge in [0.05, 0.1) is 12.0 Å². The minimum absolute atomic E-state index is 0.112. The number of nitriles is 1. The van der Waals surface area contributed by atoms with Crippen LogP contribution in [-0.2, 0) is 14.8 Å². The number of carbonyl (C=O) groups is 1. The van der Waals surface area contributed by atoms with Crippen LogP contribution in [0.2, 0.25) is 0 Å². The maximum Gasteiger partial charge on any atom is 0.306 e. The number of aliphatic carboxylic acids is 1. The summed E-state index contributed by atoms with van der Waals surface area (Å²) in [5.74, 6) is -2.09. The summed E-state index contributed by atoms with van der Waals surface area (Å²) in [5, 5.41) is 17.2. The number of sulfonamides is 1.